The van der Waals surface area contributed by atoms with Crippen molar-refractivity contribution in [1.82, 2.24) is 9.80 Å². The van der Waals surface area contributed by atoms with Crippen molar-refractivity contribution >= 4 is 11.8 Å². The number of amides is 2. The minimum atomic E-state index is -0.323. The van der Waals surface area contributed by atoms with Gasteiger partial charge in [-0.25, -0.2) is 0 Å². The van der Waals surface area contributed by atoms with Crippen molar-refractivity contribution in [3.8, 4) is 11.5 Å². The van der Waals surface area contributed by atoms with Gasteiger partial charge < -0.3 is 23.7 Å². The van der Waals surface area contributed by atoms with Crippen molar-refractivity contribution < 1.29 is 23.5 Å². The van der Waals surface area contributed by atoms with Crippen LogP contribution in [0.1, 0.15) is 17.7 Å². The highest BCUT2D eigenvalue weighted by molar-refractivity contribution is 5.89. The number of hydrogen-bond donors (Lipinski definition) is 0. The van der Waals surface area contributed by atoms with E-state index in [0.29, 0.717) is 25.4 Å². The van der Waals surface area contributed by atoms with Crippen LogP contribution in [0.5, 0.6) is 11.5 Å². The van der Waals surface area contributed by atoms with Gasteiger partial charge in [0, 0.05) is 26.6 Å². The molecular weight excluding hydrogens is 336 g/mol. The number of carbonyl (C=O) groups is 2. The number of hydrogen-bond acceptors (Lipinski definition) is 5. The third-order valence-corrected chi connectivity index (χ3v) is 4.72. The van der Waals surface area contributed by atoms with Gasteiger partial charge in [0.25, 0.3) is 0 Å². The minimum Gasteiger partial charge on any atom is -0.467 e. The molecule has 2 aliphatic heterocycles. The standard InChI is InChI=1S/C19H20N2O5/c1-20(9-13-4-5-16-17(7-13)26-12-25-16)19(23)14-8-18(22)21(10-14)11-15-3-2-6-24-15/h2-7,14H,8-12H2,1H3/t14-/m1/s1. The summed E-state index contributed by atoms with van der Waals surface area (Å²) in [6.45, 7) is 1.51. The fraction of sp³-hybridized carbons (Fsp3) is 0.368. The molecule has 1 atom stereocenters. The quantitative estimate of drug-likeness (QED) is 0.820. The molecule has 0 radical (unpaired) electrons. The summed E-state index contributed by atoms with van der Waals surface area (Å²) in [7, 11) is 1.76. The molecule has 0 saturated carbocycles. The van der Waals surface area contributed by atoms with E-state index in [4.69, 9.17) is 13.9 Å². The number of fused-ring (bicyclic) bond motifs is 1. The maximum absolute atomic E-state index is 12.7. The topological polar surface area (TPSA) is 72.2 Å². The summed E-state index contributed by atoms with van der Waals surface area (Å²) >= 11 is 0. The smallest absolute Gasteiger partial charge is 0.231 e. The lowest BCUT2D eigenvalue weighted by molar-refractivity contribution is -0.135. The van der Waals surface area contributed by atoms with E-state index in [9.17, 15) is 9.59 Å². The molecule has 0 aliphatic carbocycles. The molecule has 0 N–H and O–H groups in total. The average Bonchev–Trinajstić information content (AvgIpc) is 3.36. The van der Waals surface area contributed by atoms with Crippen LogP contribution in [0.15, 0.2) is 41.0 Å². The second kappa shape index (κ2) is 6.74. The van der Waals surface area contributed by atoms with Gasteiger partial charge in [-0.05, 0) is 29.8 Å². The molecule has 1 saturated heterocycles. The Morgan fingerprint density at radius 3 is 2.92 bits per heavy atom. The van der Waals surface area contributed by atoms with E-state index in [1.165, 1.54) is 0 Å². The van der Waals surface area contributed by atoms with Gasteiger partial charge in [-0.1, -0.05) is 6.07 Å². The van der Waals surface area contributed by atoms with Crippen LogP contribution in [0.3, 0.4) is 0 Å². The van der Waals surface area contributed by atoms with Crippen LogP contribution in [0.2, 0.25) is 0 Å². The van der Waals surface area contributed by atoms with E-state index in [0.717, 1.165) is 17.1 Å². The normalized spacial score (nSPS) is 18.4. The predicted octanol–water partition coefficient (Wildman–Crippen LogP) is 2.02. The number of nitrogens with zero attached hydrogens (tertiary/aromatic N) is 2. The Kier molecular flexibility index (Phi) is 4.28. The molecule has 136 valence electrons. The number of benzene rings is 1. The van der Waals surface area contributed by atoms with E-state index < -0.39 is 0 Å². The van der Waals surface area contributed by atoms with Gasteiger partial charge in [0.2, 0.25) is 18.6 Å². The lowest BCUT2D eigenvalue weighted by Crippen LogP contribution is -2.34. The molecule has 0 unspecified atom stereocenters. The Hall–Kier alpha value is -2.96. The molecule has 2 aromatic rings. The van der Waals surface area contributed by atoms with Crippen molar-refractivity contribution in [3.63, 3.8) is 0 Å². The highest BCUT2D eigenvalue weighted by Gasteiger charge is 2.36. The fourth-order valence-corrected chi connectivity index (χ4v) is 3.38. The molecule has 1 aromatic heterocycles. The zero-order valence-corrected chi connectivity index (χ0v) is 14.5. The van der Waals surface area contributed by atoms with E-state index >= 15 is 0 Å². The van der Waals surface area contributed by atoms with E-state index in [1.54, 1.807) is 29.2 Å². The number of likely N-dealkylation sites (tertiary alicyclic amines) is 1. The van der Waals surface area contributed by atoms with Crippen molar-refractivity contribution in [1.29, 1.82) is 0 Å². The summed E-state index contributed by atoms with van der Waals surface area (Å²) in [4.78, 5) is 28.3. The molecule has 0 bridgehead atoms. The van der Waals surface area contributed by atoms with Gasteiger partial charge in [0.1, 0.15) is 5.76 Å². The maximum atomic E-state index is 12.7. The first kappa shape index (κ1) is 16.5. The van der Waals surface area contributed by atoms with Gasteiger partial charge in [0.05, 0.1) is 18.7 Å². The van der Waals surface area contributed by atoms with Crippen LogP contribution >= 0.6 is 0 Å². The second-order valence-corrected chi connectivity index (χ2v) is 6.64. The molecule has 7 nitrogen and oxygen atoms in total. The third-order valence-electron chi connectivity index (χ3n) is 4.72. The van der Waals surface area contributed by atoms with Crippen LogP contribution in [-0.2, 0) is 22.7 Å². The molecule has 2 amide bonds. The summed E-state index contributed by atoms with van der Waals surface area (Å²) in [5, 5.41) is 0. The summed E-state index contributed by atoms with van der Waals surface area (Å²) < 4.78 is 16.0. The summed E-state index contributed by atoms with van der Waals surface area (Å²) in [6, 6.07) is 9.27. The van der Waals surface area contributed by atoms with Crippen molar-refractivity contribution in [2.24, 2.45) is 5.92 Å². The van der Waals surface area contributed by atoms with Gasteiger partial charge >= 0.3 is 0 Å². The Morgan fingerprint density at radius 2 is 2.12 bits per heavy atom. The van der Waals surface area contributed by atoms with E-state index in [-0.39, 0.29) is 30.9 Å². The van der Waals surface area contributed by atoms with E-state index in [2.05, 4.69) is 0 Å². The molecule has 7 heteroatoms. The number of furan rings is 1. The van der Waals surface area contributed by atoms with Crippen LogP contribution < -0.4 is 9.47 Å². The van der Waals surface area contributed by atoms with Gasteiger partial charge in [0.15, 0.2) is 11.5 Å². The zero-order chi connectivity index (χ0) is 18.1. The maximum Gasteiger partial charge on any atom is 0.231 e. The van der Waals surface area contributed by atoms with Crippen LogP contribution in [0.4, 0.5) is 0 Å². The zero-order valence-electron chi connectivity index (χ0n) is 14.5. The monoisotopic (exact) mass is 356 g/mol. The predicted molar refractivity (Wildman–Crippen MR) is 91.3 cm³/mol. The van der Waals surface area contributed by atoms with Crippen molar-refractivity contribution in [3.05, 3.63) is 47.9 Å². The lowest BCUT2D eigenvalue weighted by atomic mass is 10.1. The molecule has 1 fully saturated rings. The van der Waals surface area contributed by atoms with Crippen molar-refractivity contribution in [2.45, 2.75) is 19.5 Å². The SMILES string of the molecule is CN(Cc1ccc2c(c1)OCO2)C(=O)[C@@H]1CC(=O)N(Cc2ccco2)C1. The first-order valence-corrected chi connectivity index (χ1v) is 8.54. The summed E-state index contributed by atoms with van der Waals surface area (Å²) in [5.74, 6) is 1.77. The molecule has 2 aliphatic rings. The Bertz CT molecular complexity index is 817. The van der Waals surface area contributed by atoms with Crippen LogP contribution in [0, 0.1) is 5.92 Å². The molecule has 0 spiro atoms. The average molecular weight is 356 g/mol. The number of rotatable bonds is 5. The molecule has 1 aromatic carbocycles. The van der Waals surface area contributed by atoms with Crippen LogP contribution in [0.25, 0.3) is 0 Å². The second-order valence-electron chi connectivity index (χ2n) is 6.64. The van der Waals surface area contributed by atoms with Gasteiger partial charge in [-0.2, -0.15) is 0 Å². The van der Waals surface area contributed by atoms with Crippen LogP contribution in [-0.4, -0.2) is 42.0 Å². The number of ether oxygens (including phenoxy) is 2. The summed E-state index contributed by atoms with van der Waals surface area (Å²) in [6.07, 6.45) is 1.82. The largest absolute Gasteiger partial charge is 0.467 e. The summed E-state index contributed by atoms with van der Waals surface area (Å²) in [5.41, 5.74) is 0.960. The Morgan fingerprint density at radius 1 is 1.27 bits per heavy atom. The molecular formula is C19H20N2O5. The Labute approximate surface area is 151 Å². The highest BCUT2D eigenvalue weighted by atomic mass is 16.7. The molecule has 26 heavy (non-hydrogen) atoms. The first-order chi connectivity index (χ1) is 12.6. The Balaban J connectivity index is 1.37. The number of carbonyl (C=O) groups excluding carboxylic acids is 2. The fourth-order valence-electron chi connectivity index (χ4n) is 3.38. The lowest BCUT2D eigenvalue weighted by Gasteiger charge is -2.21. The van der Waals surface area contributed by atoms with E-state index in [1.807, 2.05) is 24.3 Å². The molecule has 3 heterocycles. The van der Waals surface area contributed by atoms with Gasteiger partial charge in [-0.3, -0.25) is 9.59 Å². The van der Waals surface area contributed by atoms with Gasteiger partial charge in [-0.15, -0.1) is 0 Å². The van der Waals surface area contributed by atoms with Crippen molar-refractivity contribution in [2.75, 3.05) is 20.4 Å². The first-order valence-electron chi connectivity index (χ1n) is 8.54. The minimum absolute atomic E-state index is 0.0174. The third kappa shape index (κ3) is 3.24. The molecule has 4 rings (SSSR count). The highest BCUT2D eigenvalue weighted by Crippen LogP contribution is 2.33.